The molecular weight excluding hydrogens is 288 g/mol. The van der Waals surface area contributed by atoms with E-state index >= 15 is 0 Å². The van der Waals surface area contributed by atoms with Crippen LogP contribution in [0.4, 0.5) is 0 Å². The molecule has 1 fully saturated rings. The monoisotopic (exact) mass is 312 g/mol. The van der Waals surface area contributed by atoms with Gasteiger partial charge in [-0.3, -0.25) is 14.5 Å². The predicted molar refractivity (Wildman–Crippen MR) is 90.5 cm³/mol. The highest BCUT2D eigenvalue weighted by molar-refractivity contribution is 6.35. The van der Waals surface area contributed by atoms with Crippen LogP contribution in [0.1, 0.15) is 37.8 Å². The molecule has 0 bridgehead atoms. The maximum Gasteiger partial charge on any atom is 0.277 e. The summed E-state index contributed by atoms with van der Waals surface area (Å²) in [4.78, 5) is 29.1. The summed E-state index contributed by atoms with van der Waals surface area (Å²) in [6.45, 7) is 8.19. The standard InChI is InChI=1S/C19H24N2O2/c1-4-21-18(22)16(15-9-7-13(2)8-10-15)17(19(21)23)20-11-5-6-14(3)12-20/h7-10,14H,4-6,11-12H2,1-3H3. The van der Waals surface area contributed by atoms with Gasteiger partial charge in [-0.2, -0.15) is 0 Å². The molecule has 1 atom stereocenters. The van der Waals surface area contributed by atoms with E-state index in [0.29, 0.717) is 23.7 Å². The lowest BCUT2D eigenvalue weighted by Crippen LogP contribution is -2.39. The second-order valence-electron chi connectivity index (χ2n) is 6.64. The molecule has 2 heterocycles. The van der Waals surface area contributed by atoms with Gasteiger partial charge in [-0.1, -0.05) is 36.8 Å². The van der Waals surface area contributed by atoms with E-state index in [2.05, 4.69) is 11.8 Å². The van der Waals surface area contributed by atoms with Crippen LogP contribution in [0.3, 0.4) is 0 Å². The minimum atomic E-state index is -0.158. The first-order valence-electron chi connectivity index (χ1n) is 8.45. The third kappa shape index (κ3) is 2.78. The molecule has 4 heteroatoms. The van der Waals surface area contributed by atoms with E-state index in [1.54, 1.807) is 0 Å². The first-order valence-corrected chi connectivity index (χ1v) is 8.45. The number of benzene rings is 1. The molecule has 0 saturated carbocycles. The Morgan fingerprint density at radius 3 is 2.43 bits per heavy atom. The Labute approximate surface area is 137 Å². The zero-order chi connectivity index (χ0) is 16.6. The number of imide groups is 1. The predicted octanol–water partition coefficient (Wildman–Crippen LogP) is 2.83. The molecule has 0 N–H and O–H groups in total. The largest absolute Gasteiger partial charge is 0.366 e. The summed E-state index contributed by atoms with van der Waals surface area (Å²) in [5, 5.41) is 0. The van der Waals surface area contributed by atoms with Crippen molar-refractivity contribution in [3.05, 3.63) is 41.1 Å². The molecule has 2 aliphatic rings. The van der Waals surface area contributed by atoms with Crippen molar-refractivity contribution in [2.75, 3.05) is 19.6 Å². The van der Waals surface area contributed by atoms with Crippen molar-refractivity contribution in [2.45, 2.75) is 33.6 Å². The highest BCUT2D eigenvalue weighted by atomic mass is 16.2. The molecule has 0 aromatic heterocycles. The smallest absolute Gasteiger partial charge is 0.277 e. The van der Waals surface area contributed by atoms with Gasteiger partial charge in [0.2, 0.25) is 0 Å². The van der Waals surface area contributed by atoms with E-state index in [1.807, 2.05) is 38.1 Å². The number of aryl methyl sites for hydroxylation is 1. The summed E-state index contributed by atoms with van der Waals surface area (Å²) < 4.78 is 0. The highest BCUT2D eigenvalue weighted by Crippen LogP contribution is 2.33. The Kier molecular flexibility index (Phi) is 4.24. The van der Waals surface area contributed by atoms with E-state index in [9.17, 15) is 9.59 Å². The molecule has 0 radical (unpaired) electrons. The van der Waals surface area contributed by atoms with Gasteiger partial charge in [-0.25, -0.2) is 0 Å². The first kappa shape index (κ1) is 15.8. The fourth-order valence-corrected chi connectivity index (χ4v) is 3.52. The molecular formula is C19H24N2O2. The Hall–Kier alpha value is -2.10. The minimum absolute atomic E-state index is 0.137. The van der Waals surface area contributed by atoms with Crippen molar-refractivity contribution in [3.63, 3.8) is 0 Å². The average Bonchev–Trinajstić information content (AvgIpc) is 2.78. The van der Waals surface area contributed by atoms with Crippen LogP contribution in [0.5, 0.6) is 0 Å². The summed E-state index contributed by atoms with van der Waals surface area (Å²) in [5.74, 6) is 0.255. The fourth-order valence-electron chi connectivity index (χ4n) is 3.52. The zero-order valence-corrected chi connectivity index (χ0v) is 14.1. The van der Waals surface area contributed by atoms with Crippen LogP contribution in [0, 0.1) is 12.8 Å². The van der Waals surface area contributed by atoms with Crippen molar-refractivity contribution in [3.8, 4) is 0 Å². The number of piperidine rings is 1. The normalized spacial score (nSPS) is 22.3. The Morgan fingerprint density at radius 1 is 1.13 bits per heavy atom. The summed E-state index contributed by atoms with van der Waals surface area (Å²) in [7, 11) is 0. The van der Waals surface area contributed by atoms with E-state index in [0.717, 1.165) is 30.6 Å². The van der Waals surface area contributed by atoms with E-state index in [-0.39, 0.29) is 11.8 Å². The van der Waals surface area contributed by atoms with Gasteiger partial charge in [0.1, 0.15) is 5.70 Å². The zero-order valence-electron chi connectivity index (χ0n) is 14.1. The minimum Gasteiger partial charge on any atom is -0.366 e. The van der Waals surface area contributed by atoms with E-state index in [1.165, 1.54) is 11.3 Å². The molecule has 2 aliphatic heterocycles. The van der Waals surface area contributed by atoms with Crippen LogP contribution >= 0.6 is 0 Å². The quantitative estimate of drug-likeness (QED) is 0.806. The third-order valence-corrected chi connectivity index (χ3v) is 4.77. The molecule has 4 nitrogen and oxygen atoms in total. The summed E-state index contributed by atoms with van der Waals surface area (Å²) in [6.07, 6.45) is 2.25. The van der Waals surface area contributed by atoms with Gasteiger partial charge in [0, 0.05) is 19.6 Å². The second-order valence-corrected chi connectivity index (χ2v) is 6.64. The van der Waals surface area contributed by atoms with Gasteiger partial charge >= 0.3 is 0 Å². The van der Waals surface area contributed by atoms with Crippen LogP contribution in [0.25, 0.3) is 5.57 Å². The lowest BCUT2D eigenvalue weighted by Gasteiger charge is -2.33. The number of likely N-dealkylation sites (tertiary alicyclic amines) is 1. The van der Waals surface area contributed by atoms with Crippen LogP contribution in [0.2, 0.25) is 0 Å². The van der Waals surface area contributed by atoms with Gasteiger partial charge in [-0.15, -0.1) is 0 Å². The molecule has 1 aromatic carbocycles. The molecule has 2 amide bonds. The first-order chi connectivity index (χ1) is 11.0. The van der Waals surface area contributed by atoms with Crippen molar-refractivity contribution in [2.24, 2.45) is 5.92 Å². The topological polar surface area (TPSA) is 40.6 Å². The van der Waals surface area contributed by atoms with Gasteiger partial charge in [0.15, 0.2) is 0 Å². The van der Waals surface area contributed by atoms with Crippen LogP contribution in [-0.4, -0.2) is 41.2 Å². The van der Waals surface area contributed by atoms with Gasteiger partial charge in [0.05, 0.1) is 5.57 Å². The number of carbonyl (C=O) groups is 2. The highest BCUT2D eigenvalue weighted by Gasteiger charge is 2.41. The summed E-state index contributed by atoms with van der Waals surface area (Å²) in [6, 6.07) is 7.88. The lowest BCUT2D eigenvalue weighted by atomic mass is 9.97. The fraction of sp³-hybridized carbons (Fsp3) is 0.474. The van der Waals surface area contributed by atoms with Crippen LogP contribution in [-0.2, 0) is 9.59 Å². The number of carbonyl (C=O) groups excluding carboxylic acids is 2. The maximum atomic E-state index is 12.8. The van der Waals surface area contributed by atoms with Crippen molar-refractivity contribution in [1.29, 1.82) is 0 Å². The lowest BCUT2D eigenvalue weighted by molar-refractivity contribution is -0.137. The SMILES string of the molecule is CCN1C(=O)C(c2ccc(C)cc2)=C(N2CCCC(C)C2)C1=O. The van der Waals surface area contributed by atoms with Crippen molar-refractivity contribution in [1.82, 2.24) is 9.80 Å². The van der Waals surface area contributed by atoms with Crippen LogP contribution < -0.4 is 0 Å². The van der Waals surface area contributed by atoms with Crippen molar-refractivity contribution >= 4 is 17.4 Å². The number of amides is 2. The Balaban J connectivity index is 2.08. The molecule has 1 aromatic rings. The molecule has 3 rings (SSSR count). The Morgan fingerprint density at radius 2 is 1.83 bits per heavy atom. The van der Waals surface area contributed by atoms with Gasteiger partial charge in [0.25, 0.3) is 11.8 Å². The second kappa shape index (κ2) is 6.19. The number of hydrogen-bond donors (Lipinski definition) is 0. The van der Waals surface area contributed by atoms with E-state index < -0.39 is 0 Å². The maximum absolute atomic E-state index is 12.8. The molecule has 0 aliphatic carbocycles. The third-order valence-electron chi connectivity index (χ3n) is 4.77. The molecule has 1 saturated heterocycles. The molecule has 23 heavy (non-hydrogen) atoms. The van der Waals surface area contributed by atoms with Crippen molar-refractivity contribution < 1.29 is 9.59 Å². The molecule has 0 spiro atoms. The summed E-state index contributed by atoms with van der Waals surface area (Å²) >= 11 is 0. The number of hydrogen-bond acceptors (Lipinski definition) is 3. The molecule has 122 valence electrons. The number of likely N-dealkylation sites (N-methyl/N-ethyl adjacent to an activating group) is 1. The van der Waals surface area contributed by atoms with E-state index in [4.69, 9.17) is 0 Å². The van der Waals surface area contributed by atoms with Gasteiger partial charge < -0.3 is 4.90 Å². The Bertz CT molecular complexity index is 660. The average molecular weight is 312 g/mol. The summed E-state index contributed by atoms with van der Waals surface area (Å²) in [5.41, 5.74) is 3.17. The van der Waals surface area contributed by atoms with Gasteiger partial charge in [-0.05, 0) is 38.2 Å². The number of rotatable bonds is 3. The molecule has 1 unspecified atom stereocenters. The van der Waals surface area contributed by atoms with Crippen LogP contribution in [0.15, 0.2) is 30.0 Å². The number of nitrogens with zero attached hydrogens (tertiary/aromatic N) is 2.